The molecule has 10 heterocycles. The number of carbonyl (C=O) groups is 1. The van der Waals surface area contributed by atoms with Crippen molar-refractivity contribution in [3.8, 4) is 34.1 Å². The van der Waals surface area contributed by atoms with Gasteiger partial charge in [0.25, 0.3) is 0 Å². The van der Waals surface area contributed by atoms with E-state index in [1.54, 1.807) is 0 Å². The second kappa shape index (κ2) is 21.6. The lowest BCUT2D eigenvalue weighted by molar-refractivity contribution is 0.0919. The van der Waals surface area contributed by atoms with Crippen LogP contribution in [-0.4, -0.2) is 52.9 Å². The molecule has 14 rings (SSSR count). The summed E-state index contributed by atoms with van der Waals surface area (Å²) in [5.41, 5.74) is 24.2. The predicted molar refractivity (Wildman–Crippen MR) is 379 cm³/mol. The molecule has 4 N–H and O–H groups in total. The smallest absolute Gasteiger partial charge is 0.192 e. The lowest BCUT2D eigenvalue weighted by Gasteiger charge is -2.26. The minimum Gasteiger partial charge on any atom is -0.509 e. The van der Waals surface area contributed by atoms with Gasteiger partial charge in [-0.2, -0.15) is 0 Å². The van der Waals surface area contributed by atoms with Gasteiger partial charge in [0.1, 0.15) is 17.2 Å². The zero-order valence-electron chi connectivity index (χ0n) is 54.8. The Morgan fingerprint density at radius 1 is 0.489 bits per heavy atom. The Hall–Kier alpha value is -10.5. The highest BCUT2D eigenvalue weighted by atomic mass is 16.3. The monoisotopic (exact) mass is 1200 g/mol. The highest BCUT2D eigenvalue weighted by molar-refractivity contribution is 6.35. The molecule has 6 aliphatic heterocycles. The molecule has 8 aromatic rings. The van der Waals surface area contributed by atoms with Crippen molar-refractivity contribution in [2.45, 2.75) is 113 Å². The Balaban J connectivity index is 0.945. The van der Waals surface area contributed by atoms with Gasteiger partial charge >= 0.3 is 0 Å². The number of carbonyl (C=O) groups excluding carboxylic acids is 1. The number of nitrogens with zero attached hydrogens (tertiary/aromatic N) is 5. The van der Waals surface area contributed by atoms with Crippen molar-refractivity contribution in [1.29, 1.82) is 0 Å². The summed E-state index contributed by atoms with van der Waals surface area (Å²) < 4.78 is 0. The first-order chi connectivity index (χ1) is 43.7. The van der Waals surface area contributed by atoms with E-state index in [4.69, 9.17) is 24.9 Å². The number of aliphatic hydroxyl groups is 1. The van der Waals surface area contributed by atoms with Gasteiger partial charge in [0.05, 0.1) is 62.0 Å². The third kappa shape index (κ3) is 10.5. The number of ketones is 1. The minimum absolute atomic E-state index is 0.0452. The van der Waals surface area contributed by atoms with Crippen molar-refractivity contribution in [3.05, 3.63) is 264 Å². The summed E-state index contributed by atoms with van der Waals surface area (Å²) in [5.74, 6) is 7.21. The number of benzene rings is 4. The summed E-state index contributed by atoms with van der Waals surface area (Å²) in [6.45, 7) is 30.0. The highest BCUT2D eigenvalue weighted by Crippen LogP contribution is 2.43. The lowest BCUT2D eigenvalue weighted by atomic mass is 9.79. The van der Waals surface area contributed by atoms with Crippen LogP contribution in [0.5, 0.6) is 0 Å². The van der Waals surface area contributed by atoms with Crippen LogP contribution in [0.15, 0.2) is 195 Å². The molecule has 92 heavy (non-hydrogen) atoms. The maximum atomic E-state index is 14.2. The van der Waals surface area contributed by atoms with Crippen molar-refractivity contribution in [1.82, 2.24) is 24.9 Å². The van der Waals surface area contributed by atoms with E-state index in [1.165, 1.54) is 16.7 Å². The van der Waals surface area contributed by atoms with Crippen LogP contribution < -0.4 is 10.7 Å². The lowest BCUT2D eigenvalue weighted by Crippen LogP contribution is -2.25. The van der Waals surface area contributed by atoms with Gasteiger partial charge in [-0.3, -0.25) is 4.79 Å². The summed E-state index contributed by atoms with van der Waals surface area (Å²) in [4.78, 5) is 52.1. The number of H-pyrrole nitrogens is 3. The molecule has 0 saturated heterocycles. The van der Waals surface area contributed by atoms with Gasteiger partial charge in [-0.1, -0.05) is 131 Å². The third-order valence-corrected chi connectivity index (χ3v) is 18.6. The molecule has 0 amide bonds. The standard InChI is InChI=1S/C82H74N8O2/c1-45-15-20-50(21-16-45)73-62-32-31-59(86-62)58(76-82(13,14)78(92)69(90-76)43-56-25-30-66(84-56)75(67-36-35-64(73)88-67)71-47(3)37-46(2)38-48(71)4)27-19-49-17-22-51(23-18-49)72-60-28-24-55(83-60)42-68-77(91)81(11,12)70(89-68)44-57-26-29-61(85-57)74(65-34-33-63(72)87-65)52-39-53(79(5,6)7)41-54(40-52)80(8,9)10/h15-18,20-26,28-44,83-85,92H,1-14H3. The first-order valence-corrected chi connectivity index (χ1v) is 31.6. The molecule has 6 aliphatic rings. The number of hydrogen-bond donors (Lipinski definition) is 4. The number of rotatable bonds is 4. The summed E-state index contributed by atoms with van der Waals surface area (Å²) in [5, 5.41) is 14.0. The summed E-state index contributed by atoms with van der Waals surface area (Å²) in [7, 11) is 0. The topological polar surface area (TPSA) is 148 Å². The van der Waals surface area contributed by atoms with E-state index < -0.39 is 10.8 Å². The van der Waals surface area contributed by atoms with Gasteiger partial charge in [-0.15, -0.1) is 0 Å². The van der Waals surface area contributed by atoms with Crippen LogP contribution in [0.2, 0.25) is 0 Å². The van der Waals surface area contributed by atoms with Crippen LogP contribution >= 0.6 is 0 Å². The van der Waals surface area contributed by atoms with Crippen molar-refractivity contribution in [2.24, 2.45) is 20.4 Å². The van der Waals surface area contributed by atoms with Crippen molar-refractivity contribution < 1.29 is 9.90 Å². The van der Waals surface area contributed by atoms with Gasteiger partial charge < -0.3 is 20.1 Å². The maximum absolute atomic E-state index is 14.2. The first kappa shape index (κ1) is 59.1. The minimum atomic E-state index is -0.947. The predicted octanol–water partition coefficient (Wildman–Crippen LogP) is 17.1. The SMILES string of the molecule is Cc1ccc(C2=C3C=CC(=N3)C(c3c(C)cc(C)cc3C)=c3ccc([nH]3)=CC3=C(O)C(C)(C)C(=N3)C(C#Cc3ccc(-c4c5nc(c(-c6cc(C(C)(C)C)cc(C(C)(C)C)c6)c6ccc(cc7nc(cc8ccc4[nH]8)C(=O)C7(C)C)[nH]6)C=C5)cc3)=C3C=CC2=N3)cc1. The zero-order chi connectivity index (χ0) is 64.5. The number of aliphatic imine (C=N–C) groups is 3. The van der Waals surface area contributed by atoms with Gasteiger partial charge in [0.15, 0.2) is 5.78 Å². The average molecular weight is 1200 g/mol. The Kier molecular flexibility index (Phi) is 13.9. The van der Waals surface area contributed by atoms with Crippen molar-refractivity contribution in [3.63, 3.8) is 0 Å². The Bertz CT molecular complexity index is 5210. The molecule has 4 aromatic carbocycles. The quantitative estimate of drug-likeness (QED) is 0.130. The number of hydrogen-bond acceptors (Lipinski definition) is 7. The first-order valence-electron chi connectivity index (χ1n) is 31.6. The molecular formula is C82H74N8O2. The molecule has 10 nitrogen and oxygen atoms in total. The van der Waals surface area contributed by atoms with E-state index in [0.29, 0.717) is 34.1 Å². The fourth-order valence-corrected chi connectivity index (χ4v) is 13.3. The molecular weight excluding hydrogens is 1130 g/mol. The van der Waals surface area contributed by atoms with E-state index >= 15 is 0 Å². The average Bonchev–Trinajstić information content (AvgIpc) is 2.01. The molecule has 0 fully saturated rings. The number of Topliss-reactive ketones (excluding diaryl/α,β-unsaturated/α-hetero) is 1. The largest absolute Gasteiger partial charge is 0.509 e. The van der Waals surface area contributed by atoms with Crippen LogP contribution in [0.4, 0.5) is 0 Å². The van der Waals surface area contributed by atoms with E-state index in [-0.39, 0.29) is 22.4 Å². The fourth-order valence-electron chi connectivity index (χ4n) is 13.3. The Morgan fingerprint density at radius 2 is 1.08 bits per heavy atom. The van der Waals surface area contributed by atoms with Crippen LogP contribution in [0, 0.1) is 45.0 Å². The number of aliphatic hydroxyl groups excluding tert-OH is 1. The Labute approximate surface area is 537 Å². The number of aromatic nitrogens is 5. The van der Waals surface area contributed by atoms with Crippen LogP contribution in [-0.2, 0) is 16.2 Å². The second-order valence-corrected chi connectivity index (χ2v) is 28.4. The molecule has 0 spiro atoms. The van der Waals surface area contributed by atoms with Crippen LogP contribution in [0.25, 0.3) is 73.7 Å². The molecule has 0 aliphatic carbocycles. The van der Waals surface area contributed by atoms with Crippen LogP contribution in [0.3, 0.4) is 0 Å². The van der Waals surface area contributed by atoms with E-state index in [9.17, 15) is 9.90 Å². The van der Waals surface area contributed by atoms with E-state index in [2.05, 4.69) is 205 Å². The number of allylic oxidation sites excluding steroid dienone is 8. The van der Waals surface area contributed by atoms with Gasteiger partial charge in [0.2, 0.25) is 0 Å². The number of aryl methyl sites for hydroxylation is 4. The van der Waals surface area contributed by atoms with Crippen molar-refractivity contribution >= 4 is 74.4 Å². The zero-order valence-corrected chi connectivity index (χ0v) is 54.8. The second-order valence-electron chi connectivity index (χ2n) is 28.4. The molecule has 454 valence electrons. The van der Waals surface area contributed by atoms with E-state index in [0.717, 1.165) is 128 Å². The molecule has 0 atom stereocenters. The molecule has 10 heteroatoms. The molecule has 0 unspecified atom stereocenters. The summed E-state index contributed by atoms with van der Waals surface area (Å²) >= 11 is 0. The van der Waals surface area contributed by atoms with Crippen molar-refractivity contribution in [2.75, 3.05) is 0 Å². The fraction of sp³-hybridized carbons (Fsp3) is 0.220. The highest BCUT2D eigenvalue weighted by Gasteiger charge is 2.41. The molecule has 16 bridgehead atoms. The van der Waals surface area contributed by atoms with Gasteiger partial charge in [-0.05, 0) is 214 Å². The van der Waals surface area contributed by atoms with Gasteiger partial charge in [0, 0.05) is 60.6 Å². The molecule has 0 saturated carbocycles. The Morgan fingerprint density at radius 3 is 1.72 bits per heavy atom. The van der Waals surface area contributed by atoms with E-state index in [1.807, 2.05) is 88.4 Å². The normalized spacial score (nSPS) is 16.5. The number of nitrogens with one attached hydrogen (secondary N) is 3. The van der Waals surface area contributed by atoms with Gasteiger partial charge in [-0.25, -0.2) is 24.9 Å². The third-order valence-electron chi connectivity index (χ3n) is 18.6. The number of fused-ring (bicyclic) bond motifs is 13. The number of aromatic amines is 3. The maximum Gasteiger partial charge on any atom is 0.192 e. The summed E-state index contributed by atoms with van der Waals surface area (Å²) in [6, 6.07) is 44.4. The summed E-state index contributed by atoms with van der Waals surface area (Å²) in [6.07, 6.45) is 14.4. The van der Waals surface area contributed by atoms with Crippen LogP contribution in [0.1, 0.15) is 147 Å². The molecule has 4 aromatic heterocycles. The molecule has 0 radical (unpaired) electrons.